The van der Waals surface area contributed by atoms with Crippen LogP contribution in [-0.4, -0.2) is 82.6 Å². The molecule has 6 aliphatic rings. The minimum Gasteiger partial charge on any atom is -0.508 e. The van der Waals surface area contributed by atoms with Crippen LogP contribution in [0.1, 0.15) is 37.7 Å². The topological polar surface area (TPSA) is 94.0 Å². The molecule has 0 amide bonds. The standard InChI is InChI=1S/C37H37F2N5O3/c1-2-26-30(38)8-3-20-12-25(45)13-29(31(20)26)27-6-7-28-33(32(27)39)41-36(42-35(28)44-16-23-4-5-24(17-44)40-23)47-19-37(9-10-37)18-43-14-21-11-22(15-43)34(21)46/h1,3,6-8,12-13,21-24,34,40,45-46H,4-5,9-11,14-19H2. The Morgan fingerprint density at radius 1 is 1.00 bits per heavy atom. The third-order valence-corrected chi connectivity index (χ3v) is 11.3. The number of aliphatic hydroxyl groups is 1. The Morgan fingerprint density at radius 2 is 1.77 bits per heavy atom. The first-order chi connectivity index (χ1) is 22.8. The van der Waals surface area contributed by atoms with Gasteiger partial charge in [0.25, 0.3) is 0 Å². The van der Waals surface area contributed by atoms with E-state index in [0.717, 1.165) is 64.8 Å². The molecule has 3 N–H and O–H groups in total. The van der Waals surface area contributed by atoms with Crippen LogP contribution in [0.25, 0.3) is 32.8 Å². The zero-order valence-electron chi connectivity index (χ0n) is 26.1. The third kappa shape index (κ3) is 4.90. The van der Waals surface area contributed by atoms with Gasteiger partial charge in [-0.25, -0.2) is 8.78 Å². The van der Waals surface area contributed by atoms with Crippen LogP contribution in [0.15, 0.2) is 36.4 Å². The molecule has 10 heteroatoms. The first-order valence-electron chi connectivity index (χ1n) is 16.7. The Balaban J connectivity index is 1.11. The number of aromatic nitrogens is 2. The summed E-state index contributed by atoms with van der Waals surface area (Å²) in [5, 5.41) is 25.9. The molecule has 4 aromatic rings. The van der Waals surface area contributed by atoms with Gasteiger partial charge in [0.15, 0.2) is 5.82 Å². The summed E-state index contributed by atoms with van der Waals surface area (Å²) < 4.78 is 38.1. The van der Waals surface area contributed by atoms with Gasteiger partial charge < -0.3 is 30.1 Å². The number of phenolic OH excluding ortho intramolecular Hbond substituents is 1. The molecule has 2 aliphatic carbocycles. The average molecular weight is 638 g/mol. The first-order valence-corrected chi connectivity index (χ1v) is 16.7. The fourth-order valence-corrected chi connectivity index (χ4v) is 8.69. The fourth-order valence-electron chi connectivity index (χ4n) is 8.69. The van der Waals surface area contributed by atoms with Crippen molar-refractivity contribution in [3.63, 3.8) is 0 Å². The van der Waals surface area contributed by atoms with Crippen LogP contribution < -0.4 is 15.0 Å². The van der Waals surface area contributed by atoms with Crippen molar-refractivity contribution >= 4 is 27.5 Å². The number of hydrogen-bond donors (Lipinski definition) is 3. The molecule has 8 nitrogen and oxygen atoms in total. The van der Waals surface area contributed by atoms with Gasteiger partial charge in [-0.15, -0.1) is 6.42 Å². The van der Waals surface area contributed by atoms with Crippen LogP contribution in [0, 0.1) is 41.2 Å². The largest absolute Gasteiger partial charge is 0.508 e. The maximum Gasteiger partial charge on any atom is 0.319 e. The number of nitrogens with one attached hydrogen (secondary N) is 1. The second-order valence-electron chi connectivity index (χ2n) is 14.6. The number of fused-ring (bicyclic) bond motifs is 6. The van der Waals surface area contributed by atoms with Crippen molar-refractivity contribution in [1.82, 2.24) is 20.2 Å². The summed E-state index contributed by atoms with van der Waals surface area (Å²) in [6, 6.07) is 9.95. The van der Waals surface area contributed by atoms with E-state index in [-0.39, 0.29) is 45.5 Å². The van der Waals surface area contributed by atoms with E-state index in [1.54, 1.807) is 12.1 Å². The molecule has 4 aliphatic heterocycles. The maximum atomic E-state index is 16.9. The van der Waals surface area contributed by atoms with Crippen LogP contribution in [0.2, 0.25) is 0 Å². The van der Waals surface area contributed by atoms with Crippen LogP contribution >= 0.6 is 0 Å². The summed E-state index contributed by atoms with van der Waals surface area (Å²) >= 11 is 0. The quantitative estimate of drug-likeness (QED) is 0.249. The Bertz CT molecular complexity index is 1950. The Labute approximate surface area is 271 Å². The Morgan fingerprint density at radius 3 is 2.47 bits per heavy atom. The van der Waals surface area contributed by atoms with Crippen LogP contribution in [0.4, 0.5) is 14.6 Å². The number of phenols is 1. The predicted octanol–water partition coefficient (Wildman–Crippen LogP) is 4.83. The first kappa shape index (κ1) is 29.1. The van der Waals surface area contributed by atoms with Crippen LogP contribution in [0.3, 0.4) is 0 Å². The van der Waals surface area contributed by atoms with Gasteiger partial charge in [0, 0.05) is 66.6 Å². The van der Waals surface area contributed by atoms with Crippen molar-refractivity contribution < 1.29 is 23.7 Å². The second kappa shape index (κ2) is 10.7. The number of aliphatic hydroxyl groups excluding tert-OH is 1. The van der Waals surface area contributed by atoms with E-state index >= 15 is 4.39 Å². The van der Waals surface area contributed by atoms with Crippen molar-refractivity contribution in [3.8, 4) is 35.2 Å². The SMILES string of the molecule is C#Cc1c(F)ccc2cc(O)cc(-c3ccc4c(N5CC6CCC(C5)N6)nc(OCC5(CN6CC7CC(C6)C7O)CC5)nc4c3F)c12. The predicted molar refractivity (Wildman–Crippen MR) is 175 cm³/mol. The van der Waals surface area contributed by atoms with Crippen molar-refractivity contribution in [1.29, 1.82) is 0 Å². The van der Waals surface area contributed by atoms with E-state index < -0.39 is 11.6 Å². The highest BCUT2D eigenvalue weighted by molar-refractivity contribution is 6.04. The van der Waals surface area contributed by atoms with Crippen molar-refractivity contribution in [2.24, 2.45) is 17.3 Å². The molecule has 10 rings (SSSR count). The fraction of sp³-hybridized carbons (Fsp3) is 0.459. The monoisotopic (exact) mass is 637 g/mol. The van der Waals surface area contributed by atoms with Crippen molar-refractivity contribution in [2.45, 2.75) is 50.3 Å². The molecule has 0 spiro atoms. The van der Waals surface area contributed by atoms with Crippen LogP contribution in [-0.2, 0) is 0 Å². The highest BCUT2D eigenvalue weighted by atomic mass is 19.1. The van der Waals surface area contributed by atoms with Crippen molar-refractivity contribution in [3.05, 3.63) is 53.6 Å². The van der Waals surface area contributed by atoms with E-state index in [4.69, 9.17) is 16.1 Å². The highest BCUT2D eigenvalue weighted by Crippen LogP contribution is 2.49. The average Bonchev–Trinajstić information content (AvgIpc) is 3.76. The lowest BCUT2D eigenvalue weighted by Crippen LogP contribution is -2.59. The maximum absolute atomic E-state index is 16.9. The number of nitrogens with zero attached hydrogens (tertiary/aromatic N) is 4. The lowest BCUT2D eigenvalue weighted by atomic mass is 9.68. The highest BCUT2D eigenvalue weighted by Gasteiger charge is 2.50. The normalized spacial score (nSPS) is 27.5. The number of anilines is 1. The minimum atomic E-state index is -0.611. The van der Waals surface area contributed by atoms with Crippen molar-refractivity contribution in [2.75, 3.05) is 44.2 Å². The summed E-state index contributed by atoms with van der Waals surface area (Å²) in [6.45, 7) is 4.68. The molecular weight excluding hydrogens is 600 g/mol. The molecule has 3 aromatic carbocycles. The zero-order chi connectivity index (χ0) is 32.0. The van der Waals surface area contributed by atoms with E-state index in [1.165, 1.54) is 24.3 Å². The van der Waals surface area contributed by atoms with Gasteiger partial charge >= 0.3 is 6.01 Å². The molecule has 0 radical (unpaired) electrons. The van der Waals surface area contributed by atoms with Gasteiger partial charge in [-0.1, -0.05) is 18.1 Å². The molecule has 4 saturated heterocycles. The smallest absolute Gasteiger partial charge is 0.319 e. The molecule has 4 bridgehead atoms. The van der Waals surface area contributed by atoms with E-state index in [9.17, 15) is 14.6 Å². The summed E-state index contributed by atoms with van der Waals surface area (Å²) in [5.41, 5.74) is 0.560. The van der Waals surface area contributed by atoms with E-state index in [1.807, 2.05) is 0 Å². The lowest BCUT2D eigenvalue weighted by Gasteiger charge is -2.51. The van der Waals surface area contributed by atoms with E-state index in [0.29, 0.717) is 52.5 Å². The summed E-state index contributed by atoms with van der Waals surface area (Å²) in [4.78, 5) is 14.2. The number of terminal acetylenes is 1. The van der Waals surface area contributed by atoms with Gasteiger partial charge in [0.2, 0.25) is 0 Å². The summed E-state index contributed by atoms with van der Waals surface area (Å²) in [7, 11) is 0. The molecular formula is C37H37F2N5O3. The number of piperidine rings is 2. The number of aromatic hydroxyl groups is 1. The third-order valence-electron chi connectivity index (χ3n) is 11.3. The Hall–Kier alpha value is -4.04. The number of rotatable bonds is 7. The molecule has 2 saturated carbocycles. The van der Waals surface area contributed by atoms with Gasteiger partial charge in [0.05, 0.1) is 18.3 Å². The number of benzene rings is 3. The molecule has 6 fully saturated rings. The molecule has 1 aromatic heterocycles. The second-order valence-corrected chi connectivity index (χ2v) is 14.6. The number of halogens is 2. The number of hydrogen-bond acceptors (Lipinski definition) is 8. The molecule has 47 heavy (non-hydrogen) atoms. The van der Waals surface area contributed by atoms with Gasteiger partial charge in [-0.2, -0.15) is 9.97 Å². The van der Waals surface area contributed by atoms with Gasteiger partial charge in [-0.05, 0) is 79.2 Å². The molecule has 242 valence electrons. The summed E-state index contributed by atoms with van der Waals surface area (Å²) in [6.07, 6.45) is 10.9. The van der Waals surface area contributed by atoms with Crippen LogP contribution in [0.5, 0.6) is 11.8 Å². The molecule has 4 atom stereocenters. The summed E-state index contributed by atoms with van der Waals surface area (Å²) in [5.74, 6) is 2.53. The number of piperazine rings is 1. The number of ether oxygens (including phenoxy) is 1. The molecule has 5 heterocycles. The van der Waals surface area contributed by atoms with Gasteiger partial charge in [0.1, 0.15) is 22.9 Å². The van der Waals surface area contributed by atoms with Gasteiger partial charge in [-0.3, -0.25) is 0 Å². The lowest BCUT2D eigenvalue weighted by molar-refractivity contribution is -0.112. The minimum absolute atomic E-state index is 0.00205. The Kier molecular flexibility index (Phi) is 6.66. The molecule has 4 unspecified atom stereocenters. The zero-order valence-corrected chi connectivity index (χ0v) is 26.1. The van der Waals surface area contributed by atoms with E-state index in [2.05, 4.69) is 26.0 Å².